The molecule has 0 heterocycles. The molecule has 0 spiro atoms. The molecule has 0 unspecified atom stereocenters. The second-order valence-electron chi connectivity index (χ2n) is 3.61. The normalized spacial score (nSPS) is 10.4. The fourth-order valence-corrected chi connectivity index (χ4v) is 1.75. The van der Waals surface area contributed by atoms with Crippen LogP contribution in [-0.2, 0) is 9.59 Å². The Morgan fingerprint density at radius 1 is 1.47 bits per heavy atom. The number of rotatable bonds is 6. The Kier molecular flexibility index (Phi) is 5.95. The number of carbonyl (C=O) groups excluding carboxylic acids is 1. The zero-order valence-corrected chi connectivity index (χ0v) is 11.5. The minimum absolute atomic E-state index is 0.134. The van der Waals surface area contributed by atoms with Crippen LogP contribution >= 0.6 is 11.8 Å². The first-order valence-corrected chi connectivity index (χ1v) is 6.84. The number of aliphatic carboxylic acids is 1. The third kappa shape index (κ3) is 5.05. The van der Waals surface area contributed by atoms with E-state index in [4.69, 9.17) is 9.84 Å². The average Bonchev–Trinajstić information content (AvgIpc) is 2.36. The Bertz CT molecular complexity index is 499. The number of thioether (sulfide) groups is 1. The van der Waals surface area contributed by atoms with Crippen molar-refractivity contribution in [2.24, 2.45) is 0 Å². The first kappa shape index (κ1) is 15.1. The van der Waals surface area contributed by atoms with Crippen LogP contribution in [0, 0.1) is 0 Å². The fourth-order valence-electron chi connectivity index (χ4n) is 1.41. The highest BCUT2D eigenvalue weighted by Crippen LogP contribution is 2.26. The average molecular weight is 281 g/mol. The van der Waals surface area contributed by atoms with Crippen molar-refractivity contribution < 1.29 is 19.4 Å². The van der Waals surface area contributed by atoms with Crippen molar-refractivity contribution >= 4 is 35.4 Å². The van der Waals surface area contributed by atoms with E-state index in [1.165, 1.54) is 24.9 Å². The second-order valence-corrected chi connectivity index (χ2v) is 4.48. The van der Waals surface area contributed by atoms with Gasteiger partial charge in [0.1, 0.15) is 5.75 Å². The van der Waals surface area contributed by atoms with E-state index >= 15 is 0 Å². The topological polar surface area (TPSA) is 75.6 Å². The number of benzene rings is 1. The lowest BCUT2D eigenvalue weighted by Crippen LogP contribution is -2.14. The molecular formula is C13H15NO4S. The van der Waals surface area contributed by atoms with Crippen LogP contribution in [0.3, 0.4) is 0 Å². The first-order chi connectivity index (χ1) is 9.06. The van der Waals surface area contributed by atoms with Gasteiger partial charge >= 0.3 is 5.97 Å². The molecule has 0 atom stereocenters. The van der Waals surface area contributed by atoms with Gasteiger partial charge in [-0.15, -0.1) is 0 Å². The van der Waals surface area contributed by atoms with Crippen molar-refractivity contribution in [3.05, 3.63) is 29.8 Å². The number of hydrogen-bond donors (Lipinski definition) is 2. The lowest BCUT2D eigenvalue weighted by Gasteiger charge is -2.10. The van der Waals surface area contributed by atoms with Gasteiger partial charge in [0.05, 0.1) is 18.6 Å². The van der Waals surface area contributed by atoms with E-state index in [0.717, 1.165) is 6.08 Å². The number of ether oxygens (including phenoxy) is 1. The van der Waals surface area contributed by atoms with E-state index in [1.54, 1.807) is 18.2 Å². The van der Waals surface area contributed by atoms with Gasteiger partial charge < -0.3 is 15.2 Å². The van der Waals surface area contributed by atoms with Crippen molar-refractivity contribution in [3.8, 4) is 5.75 Å². The summed E-state index contributed by atoms with van der Waals surface area (Å²) in [6.45, 7) is 0. The van der Waals surface area contributed by atoms with Crippen LogP contribution in [0.5, 0.6) is 5.75 Å². The molecule has 0 fully saturated rings. The van der Waals surface area contributed by atoms with Gasteiger partial charge in [-0.05, 0) is 30.0 Å². The molecule has 6 heteroatoms. The molecule has 1 amide bonds. The number of nitrogens with one attached hydrogen (secondary N) is 1. The summed E-state index contributed by atoms with van der Waals surface area (Å²) in [5.74, 6) is -0.283. The Hall–Kier alpha value is -1.95. The van der Waals surface area contributed by atoms with Crippen LogP contribution in [0.15, 0.2) is 24.3 Å². The van der Waals surface area contributed by atoms with E-state index < -0.39 is 5.97 Å². The van der Waals surface area contributed by atoms with Crippen molar-refractivity contribution in [1.82, 2.24) is 0 Å². The fraction of sp³-hybridized carbons (Fsp3) is 0.231. The third-order valence-electron chi connectivity index (χ3n) is 2.19. The minimum Gasteiger partial charge on any atom is -0.495 e. The van der Waals surface area contributed by atoms with Crippen LogP contribution in [0.4, 0.5) is 5.69 Å². The van der Waals surface area contributed by atoms with Gasteiger partial charge in [0.2, 0.25) is 5.91 Å². The number of carbonyl (C=O) groups is 2. The molecule has 0 aliphatic rings. The molecule has 0 aromatic heterocycles. The molecular weight excluding hydrogens is 266 g/mol. The van der Waals surface area contributed by atoms with E-state index in [-0.39, 0.29) is 5.91 Å². The van der Waals surface area contributed by atoms with Gasteiger partial charge in [0.15, 0.2) is 0 Å². The van der Waals surface area contributed by atoms with Crippen molar-refractivity contribution in [2.45, 2.75) is 0 Å². The third-order valence-corrected chi connectivity index (χ3v) is 2.74. The van der Waals surface area contributed by atoms with Crippen LogP contribution < -0.4 is 10.1 Å². The maximum absolute atomic E-state index is 11.6. The smallest absolute Gasteiger partial charge is 0.328 e. The molecule has 0 saturated heterocycles. The SMILES string of the molecule is COc1ccc(/C=C\C(=O)O)cc1NC(=O)CSC. The summed E-state index contributed by atoms with van der Waals surface area (Å²) in [6, 6.07) is 5.05. The lowest BCUT2D eigenvalue weighted by molar-refractivity contribution is -0.131. The molecule has 102 valence electrons. The Balaban J connectivity index is 2.95. The van der Waals surface area contributed by atoms with Crippen molar-refractivity contribution in [1.29, 1.82) is 0 Å². The van der Waals surface area contributed by atoms with Gasteiger partial charge in [0, 0.05) is 6.08 Å². The number of methoxy groups -OCH3 is 1. The molecule has 1 aromatic carbocycles. The predicted octanol–water partition coefficient (Wildman–Crippen LogP) is 2.09. The monoisotopic (exact) mass is 281 g/mol. The van der Waals surface area contributed by atoms with E-state index in [1.807, 2.05) is 6.26 Å². The molecule has 0 aliphatic carbocycles. The molecule has 0 radical (unpaired) electrons. The summed E-state index contributed by atoms with van der Waals surface area (Å²) in [7, 11) is 1.51. The maximum atomic E-state index is 11.6. The Morgan fingerprint density at radius 3 is 2.79 bits per heavy atom. The standard InChI is InChI=1S/C13H15NO4S/c1-18-11-5-3-9(4-6-13(16)17)7-10(11)14-12(15)8-19-2/h3-7H,8H2,1-2H3,(H,14,15)(H,16,17)/b6-4-. The van der Waals surface area contributed by atoms with Crippen LogP contribution in [0.1, 0.15) is 5.56 Å². The zero-order valence-electron chi connectivity index (χ0n) is 10.7. The lowest BCUT2D eigenvalue weighted by atomic mass is 10.1. The van der Waals surface area contributed by atoms with Gasteiger partial charge in [-0.1, -0.05) is 6.07 Å². The second kappa shape index (κ2) is 7.48. The van der Waals surface area contributed by atoms with Gasteiger partial charge in [-0.25, -0.2) is 4.79 Å². The van der Waals surface area contributed by atoms with E-state index in [9.17, 15) is 9.59 Å². The molecule has 0 saturated carbocycles. The summed E-state index contributed by atoms with van der Waals surface area (Å²) in [5, 5.41) is 11.3. The van der Waals surface area contributed by atoms with E-state index in [2.05, 4.69) is 5.32 Å². The number of carboxylic acids is 1. The van der Waals surface area contributed by atoms with Crippen LogP contribution in [0.25, 0.3) is 6.08 Å². The minimum atomic E-state index is -1.02. The van der Waals surface area contributed by atoms with Crippen LogP contribution in [-0.4, -0.2) is 36.1 Å². The molecule has 0 aliphatic heterocycles. The molecule has 1 rings (SSSR count). The van der Waals surface area contributed by atoms with Gasteiger partial charge in [0.25, 0.3) is 0 Å². The zero-order chi connectivity index (χ0) is 14.3. The number of anilines is 1. The molecule has 1 aromatic rings. The summed E-state index contributed by atoms with van der Waals surface area (Å²) < 4.78 is 5.14. The van der Waals surface area contributed by atoms with Crippen molar-refractivity contribution in [2.75, 3.05) is 24.4 Å². The highest BCUT2D eigenvalue weighted by molar-refractivity contribution is 7.99. The number of hydrogen-bond acceptors (Lipinski definition) is 4. The quantitative estimate of drug-likeness (QED) is 0.781. The van der Waals surface area contributed by atoms with Crippen molar-refractivity contribution in [3.63, 3.8) is 0 Å². The summed E-state index contributed by atoms with van der Waals surface area (Å²) in [5.41, 5.74) is 1.19. The molecule has 19 heavy (non-hydrogen) atoms. The highest BCUT2D eigenvalue weighted by Gasteiger charge is 2.07. The summed E-state index contributed by atoms with van der Waals surface area (Å²) in [6.07, 6.45) is 4.32. The molecule has 5 nitrogen and oxygen atoms in total. The Morgan fingerprint density at radius 2 is 2.21 bits per heavy atom. The predicted molar refractivity (Wildman–Crippen MR) is 76.7 cm³/mol. The van der Waals surface area contributed by atoms with E-state index in [0.29, 0.717) is 22.8 Å². The number of carboxylic acid groups (broad SMARTS) is 1. The highest BCUT2D eigenvalue weighted by atomic mass is 32.2. The van der Waals surface area contributed by atoms with Crippen LogP contribution in [0.2, 0.25) is 0 Å². The first-order valence-electron chi connectivity index (χ1n) is 5.44. The maximum Gasteiger partial charge on any atom is 0.328 e. The van der Waals surface area contributed by atoms with Gasteiger partial charge in [-0.3, -0.25) is 4.79 Å². The molecule has 0 bridgehead atoms. The van der Waals surface area contributed by atoms with Gasteiger partial charge in [-0.2, -0.15) is 11.8 Å². The summed E-state index contributed by atoms with van der Waals surface area (Å²) in [4.78, 5) is 22.0. The number of amides is 1. The largest absolute Gasteiger partial charge is 0.495 e. The Labute approximate surface area is 115 Å². The summed E-state index contributed by atoms with van der Waals surface area (Å²) >= 11 is 1.42. The molecule has 2 N–H and O–H groups in total.